The Bertz CT molecular complexity index is 1300. The Morgan fingerprint density at radius 3 is 2.33 bits per heavy atom. The summed E-state index contributed by atoms with van der Waals surface area (Å²) in [6.45, 7) is 5.21. The van der Waals surface area contributed by atoms with Gasteiger partial charge in [0, 0.05) is 36.9 Å². The van der Waals surface area contributed by atoms with Crippen molar-refractivity contribution in [2.24, 2.45) is 0 Å². The fourth-order valence-electron chi connectivity index (χ4n) is 6.20. The molecule has 0 aromatic heterocycles. The number of amides is 1. The van der Waals surface area contributed by atoms with Crippen molar-refractivity contribution in [3.63, 3.8) is 0 Å². The van der Waals surface area contributed by atoms with Crippen LogP contribution in [0.15, 0.2) is 72.8 Å². The molecule has 0 aliphatic carbocycles. The van der Waals surface area contributed by atoms with Crippen LogP contribution in [0.3, 0.4) is 0 Å². The van der Waals surface area contributed by atoms with Gasteiger partial charge < -0.3 is 24.4 Å². The monoisotopic (exact) mass is 561 g/mol. The van der Waals surface area contributed by atoms with Crippen molar-refractivity contribution in [2.45, 2.75) is 37.2 Å². The Morgan fingerprint density at radius 1 is 0.925 bits per heavy atom. The number of carbonyl (C=O) groups is 1. The molecule has 0 saturated carbocycles. The Kier molecular flexibility index (Phi) is 8.10. The van der Waals surface area contributed by atoms with Crippen molar-refractivity contribution < 1.29 is 19.4 Å². The third-order valence-corrected chi connectivity index (χ3v) is 8.82. The summed E-state index contributed by atoms with van der Waals surface area (Å²) in [5.74, 6) is 0.0231. The molecule has 3 aliphatic heterocycles. The van der Waals surface area contributed by atoms with Gasteiger partial charge in [0.15, 0.2) is 0 Å². The lowest BCUT2D eigenvalue weighted by Gasteiger charge is -2.39. The molecule has 0 unspecified atom stereocenters. The molecule has 8 heteroatoms. The third kappa shape index (κ3) is 5.62. The van der Waals surface area contributed by atoms with E-state index in [1.807, 2.05) is 53.4 Å². The molecule has 1 amide bonds. The zero-order chi connectivity index (χ0) is 27.5. The lowest BCUT2D eigenvalue weighted by Crippen LogP contribution is -2.48. The first-order chi connectivity index (χ1) is 19.5. The van der Waals surface area contributed by atoms with Gasteiger partial charge in [0.2, 0.25) is 5.91 Å². The van der Waals surface area contributed by atoms with Gasteiger partial charge in [0.25, 0.3) is 0 Å². The van der Waals surface area contributed by atoms with Gasteiger partial charge in [-0.1, -0.05) is 60.1 Å². The minimum absolute atomic E-state index is 0.0231. The number of halogens is 1. The molecule has 3 aliphatic rings. The van der Waals surface area contributed by atoms with Crippen LogP contribution in [0.4, 0.5) is 5.69 Å². The summed E-state index contributed by atoms with van der Waals surface area (Å²) < 4.78 is 11.7. The minimum atomic E-state index is -0.847. The summed E-state index contributed by atoms with van der Waals surface area (Å²) in [7, 11) is 0. The third-order valence-electron chi connectivity index (χ3n) is 8.56. The van der Waals surface area contributed by atoms with Gasteiger partial charge in [0.05, 0.1) is 44.1 Å². The Hall–Kier alpha value is -2.94. The van der Waals surface area contributed by atoms with E-state index in [-0.39, 0.29) is 18.1 Å². The van der Waals surface area contributed by atoms with Gasteiger partial charge in [-0.25, -0.2) is 0 Å². The fourth-order valence-corrected chi connectivity index (χ4v) is 6.33. The van der Waals surface area contributed by atoms with Gasteiger partial charge in [-0.2, -0.15) is 0 Å². The molecule has 7 nitrogen and oxygen atoms in total. The maximum atomic E-state index is 13.3. The van der Waals surface area contributed by atoms with Gasteiger partial charge in [0.1, 0.15) is 0 Å². The van der Waals surface area contributed by atoms with Crippen LogP contribution < -0.4 is 10.2 Å². The number of morpholine rings is 1. The lowest BCUT2D eigenvalue weighted by molar-refractivity contribution is -0.137. The number of aliphatic hydroxyl groups excluding tert-OH is 1. The van der Waals surface area contributed by atoms with Crippen molar-refractivity contribution >= 4 is 23.2 Å². The molecule has 2 atom stereocenters. The Morgan fingerprint density at radius 2 is 1.60 bits per heavy atom. The van der Waals surface area contributed by atoms with Crippen LogP contribution in [0.2, 0.25) is 5.02 Å². The van der Waals surface area contributed by atoms with Gasteiger partial charge in [-0.15, -0.1) is 0 Å². The summed E-state index contributed by atoms with van der Waals surface area (Å²) in [5, 5.41) is 15.5. The van der Waals surface area contributed by atoms with E-state index < -0.39 is 12.1 Å². The summed E-state index contributed by atoms with van der Waals surface area (Å²) in [6.07, 6.45) is 0.726. The molecule has 1 spiro atoms. The topological polar surface area (TPSA) is 74.3 Å². The van der Waals surface area contributed by atoms with Crippen LogP contribution in [0, 0.1) is 0 Å². The zero-order valence-corrected chi connectivity index (χ0v) is 23.4. The highest BCUT2D eigenvalue weighted by Gasteiger charge is 2.43. The molecule has 3 aromatic carbocycles. The number of anilines is 1. The number of ether oxygens (including phenoxy) is 2. The van der Waals surface area contributed by atoms with E-state index in [1.165, 1.54) is 11.1 Å². The van der Waals surface area contributed by atoms with Crippen LogP contribution in [-0.4, -0.2) is 61.9 Å². The largest absolute Gasteiger partial charge is 0.386 e. The van der Waals surface area contributed by atoms with Crippen molar-refractivity contribution in [3.8, 4) is 0 Å². The molecular formula is C32H36ClN3O4. The van der Waals surface area contributed by atoms with Gasteiger partial charge in [-0.3, -0.25) is 10.1 Å². The number of likely N-dealkylation sites (tertiary alicyclic amines) is 1. The molecule has 6 rings (SSSR count). The first-order valence-electron chi connectivity index (χ1n) is 14.1. The number of hydrogen-bond donors (Lipinski definition) is 2. The normalized spacial score (nSPS) is 19.9. The number of aliphatic hydroxyl groups is 1. The second-order valence-corrected chi connectivity index (χ2v) is 11.3. The highest BCUT2D eigenvalue weighted by atomic mass is 35.5. The fraction of sp³-hybridized carbons (Fsp3) is 0.406. The van der Waals surface area contributed by atoms with E-state index in [0.717, 1.165) is 56.0 Å². The SMILES string of the molecule is O=C(CN[C@H](c1ccc(Cl)cc1)[C@@H](O)c1ccc(N2CCOCC2)cc1)N1CCC2(CC1)OCc1ccccc12. The van der Waals surface area contributed by atoms with Crippen LogP contribution in [-0.2, 0) is 26.5 Å². The summed E-state index contributed by atoms with van der Waals surface area (Å²) in [4.78, 5) is 17.5. The van der Waals surface area contributed by atoms with Crippen molar-refractivity contribution in [1.82, 2.24) is 10.2 Å². The maximum absolute atomic E-state index is 13.3. The molecule has 2 fully saturated rings. The average molecular weight is 562 g/mol. The number of hydrogen-bond acceptors (Lipinski definition) is 6. The smallest absolute Gasteiger partial charge is 0.236 e. The quantitative estimate of drug-likeness (QED) is 0.440. The predicted octanol–water partition coefficient (Wildman–Crippen LogP) is 4.59. The number of carbonyl (C=O) groups excluding carboxylic acids is 1. The van der Waals surface area contributed by atoms with Gasteiger partial charge in [-0.05, 0) is 59.4 Å². The molecule has 3 aromatic rings. The number of nitrogens with zero attached hydrogens (tertiary/aromatic N) is 2. The summed E-state index contributed by atoms with van der Waals surface area (Å²) in [5.41, 5.74) is 5.01. The van der Waals surface area contributed by atoms with E-state index in [1.54, 1.807) is 0 Å². The molecule has 0 bridgehead atoms. The second-order valence-electron chi connectivity index (χ2n) is 10.9. The zero-order valence-electron chi connectivity index (χ0n) is 22.6. The first-order valence-corrected chi connectivity index (χ1v) is 14.5. The molecule has 40 heavy (non-hydrogen) atoms. The second kappa shape index (κ2) is 11.9. The highest BCUT2D eigenvalue weighted by molar-refractivity contribution is 6.30. The Balaban J connectivity index is 1.12. The van der Waals surface area contributed by atoms with Crippen LogP contribution in [0.1, 0.15) is 47.2 Å². The summed E-state index contributed by atoms with van der Waals surface area (Å²) in [6, 6.07) is 23.4. The van der Waals surface area contributed by atoms with Crippen molar-refractivity contribution in [2.75, 3.05) is 50.8 Å². The highest BCUT2D eigenvalue weighted by Crippen LogP contribution is 2.44. The number of rotatable bonds is 7. The average Bonchev–Trinajstić information content (AvgIpc) is 3.36. The number of fused-ring (bicyclic) bond motifs is 2. The molecule has 210 valence electrons. The molecule has 2 saturated heterocycles. The van der Waals surface area contributed by atoms with Crippen molar-refractivity contribution in [1.29, 1.82) is 0 Å². The van der Waals surface area contributed by atoms with E-state index in [4.69, 9.17) is 21.1 Å². The Labute approximate surface area is 240 Å². The molecule has 2 N–H and O–H groups in total. The van der Waals surface area contributed by atoms with Gasteiger partial charge >= 0.3 is 0 Å². The summed E-state index contributed by atoms with van der Waals surface area (Å²) >= 11 is 6.15. The maximum Gasteiger partial charge on any atom is 0.236 e. The molecule has 3 heterocycles. The van der Waals surface area contributed by atoms with E-state index >= 15 is 0 Å². The number of piperidine rings is 1. The van der Waals surface area contributed by atoms with E-state index in [0.29, 0.717) is 24.7 Å². The van der Waals surface area contributed by atoms with Crippen LogP contribution in [0.25, 0.3) is 0 Å². The van der Waals surface area contributed by atoms with E-state index in [9.17, 15) is 9.90 Å². The minimum Gasteiger partial charge on any atom is -0.386 e. The number of nitrogens with one attached hydrogen (secondary N) is 1. The van der Waals surface area contributed by atoms with Crippen LogP contribution >= 0.6 is 11.6 Å². The molecular weight excluding hydrogens is 526 g/mol. The van der Waals surface area contributed by atoms with Crippen LogP contribution in [0.5, 0.6) is 0 Å². The van der Waals surface area contributed by atoms with E-state index in [2.05, 4.69) is 34.5 Å². The standard InChI is InChI=1S/C32H36ClN3O4/c33-26-9-5-23(6-10-26)30(31(38)24-7-11-27(12-8-24)35-17-19-39-20-18-35)34-21-29(37)36-15-13-32(14-16-36)28-4-2-1-3-25(28)22-40-32/h1-12,30-31,34,38H,13-22H2/t30-,31+/m1/s1. The first kappa shape index (κ1) is 27.2. The van der Waals surface area contributed by atoms with Crippen molar-refractivity contribution in [3.05, 3.63) is 100 Å². The number of benzene rings is 3. The molecule has 0 radical (unpaired) electrons. The predicted molar refractivity (Wildman–Crippen MR) is 155 cm³/mol. The lowest BCUT2D eigenvalue weighted by atomic mass is 9.84.